The zero-order chi connectivity index (χ0) is 27.8. The van der Waals surface area contributed by atoms with E-state index in [-0.39, 0.29) is 55.2 Å². The molecule has 0 bridgehead atoms. The fourth-order valence-electron chi connectivity index (χ4n) is 7.10. The van der Waals surface area contributed by atoms with Crippen molar-refractivity contribution in [3.63, 3.8) is 0 Å². The Balaban J connectivity index is 0.00000294. The van der Waals surface area contributed by atoms with Crippen molar-refractivity contribution in [2.24, 2.45) is 0 Å². The van der Waals surface area contributed by atoms with Gasteiger partial charge in [0.05, 0.1) is 48.1 Å². The highest BCUT2D eigenvalue weighted by Crippen LogP contribution is 2.21. The molecule has 8 nitrogen and oxygen atoms in total. The van der Waals surface area contributed by atoms with Gasteiger partial charge in [-0.15, -0.1) is 0 Å². The Morgan fingerprint density at radius 3 is 1.29 bits per heavy atom. The number of quaternary nitrogens is 2. The van der Waals surface area contributed by atoms with E-state index in [9.17, 15) is 20.2 Å². The molecule has 0 saturated carbocycles. The van der Waals surface area contributed by atoms with E-state index in [1.54, 1.807) is 34.1 Å². The van der Waals surface area contributed by atoms with Crippen molar-refractivity contribution in [2.75, 3.05) is 14.1 Å². The fourth-order valence-corrected chi connectivity index (χ4v) is 7.10. The van der Waals surface area contributed by atoms with Crippen LogP contribution >= 0.6 is 0 Å². The third kappa shape index (κ3) is 10.1. The van der Waals surface area contributed by atoms with Gasteiger partial charge in [0.2, 0.25) is 0 Å². The first-order valence-corrected chi connectivity index (χ1v) is 14.9. The maximum absolute atomic E-state index is 10.9. The van der Waals surface area contributed by atoms with Crippen LogP contribution in [0, 0.1) is 20.2 Å². The van der Waals surface area contributed by atoms with Crippen LogP contribution in [0.15, 0.2) is 48.5 Å². The second-order valence-electron chi connectivity index (χ2n) is 12.0. The summed E-state index contributed by atoms with van der Waals surface area (Å²) in [4.78, 5) is 24.5. The normalized spacial score (nSPS) is 25.9. The van der Waals surface area contributed by atoms with Crippen LogP contribution in [0.3, 0.4) is 0 Å². The van der Waals surface area contributed by atoms with Gasteiger partial charge in [-0.2, -0.15) is 0 Å². The molecule has 2 aliphatic heterocycles. The standard InChI is InChI=1S/C31H44N4O4.2BrH/c1-32-26(10-6-12-30(32)22-24-14-18-28(19-15-24)34(36)37)8-4-3-5-9-27-11-7-13-31(33(27)2)23-25-16-20-29(21-17-25)35(38)39;;/h14-21,26-27,30-31H,3-13,22-23H2,1-2H3;2*1H. The molecule has 0 spiro atoms. The van der Waals surface area contributed by atoms with E-state index in [2.05, 4.69) is 14.1 Å². The van der Waals surface area contributed by atoms with E-state index < -0.39 is 0 Å². The van der Waals surface area contributed by atoms with Gasteiger partial charge in [0, 0.05) is 37.1 Å². The van der Waals surface area contributed by atoms with Crippen molar-refractivity contribution < 1.29 is 53.6 Å². The summed E-state index contributed by atoms with van der Waals surface area (Å²) in [7, 11) is 4.70. The fraction of sp³-hybridized carbons (Fsp3) is 0.613. The lowest BCUT2D eigenvalue weighted by atomic mass is 9.88. The van der Waals surface area contributed by atoms with E-state index in [0.717, 1.165) is 24.9 Å². The van der Waals surface area contributed by atoms with Gasteiger partial charge in [-0.1, -0.05) is 30.7 Å². The van der Waals surface area contributed by atoms with Gasteiger partial charge in [0.25, 0.3) is 11.4 Å². The largest absolute Gasteiger partial charge is 1.00 e. The Kier molecular flexibility index (Phi) is 14.9. The number of nitrogens with one attached hydrogen (secondary N) is 2. The Hall–Kier alpha value is -1.88. The van der Waals surface area contributed by atoms with Crippen LogP contribution in [-0.4, -0.2) is 48.1 Å². The summed E-state index contributed by atoms with van der Waals surface area (Å²) < 4.78 is 0. The molecule has 0 radical (unpaired) electrons. The SMILES string of the molecule is C[NH+]1C(CCCCCC2CCCC(Cc3ccc([N+](=O)[O-])cc3)[NH+]2C)CCCC1Cc1ccc([N+](=O)[O-])cc1.[Br-].[Br-]. The number of hydrogen-bond donors (Lipinski definition) is 2. The zero-order valence-corrected chi connectivity index (χ0v) is 27.6. The third-order valence-corrected chi connectivity index (χ3v) is 9.65. The average molecular weight is 699 g/mol. The summed E-state index contributed by atoms with van der Waals surface area (Å²) >= 11 is 0. The number of nitro benzene ring substituents is 2. The quantitative estimate of drug-likeness (QED) is 0.154. The molecular weight excluding hydrogens is 652 g/mol. The van der Waals surface area contributed by atoms with E-state index in [4.69, 9.17) is 0 Å². The van der Waals surface area contributed by atoms with Crippen molar-refractivity contribution in [1.82, 2.24) is 0 Å². The molecule has 4 rings (SSSR count). The van der Waals surface area contributed by atoms with Crippen LogP contribution in [0.2, 0.25) is 0 Å². The first-order chi connectivity index (χ1) is 18.8. The summed E-state index contributed by atoms with van der Waals surface area (Å²) in [5, 5.41) is 21.9. The summed E-state index contributed by atoms with van der Waals surface area (Å²) in [5.74, 6) is 0. The minimum atomic E-state index is -0.328. The molecule has 6 atom stereocenters. The third-order valence-electron chi connectivity index (χ3n) is 9.65. The molecule has 228 valence electrons. The number of likely N-dealkylation sites (N-methyl/N-ethyl adjacent to an activating group) is 2. The summed E-state index contributed by atoms with van der Waals surface area (Å²) in [6.45, 7) is 0. The van der Waals surface area contributed by atoms with E-state index in [0.29, 0.717) is 12.1 Å². The number of likely N-dealkylation sites (tertiary alicyclic amines) is 2. The van der Waals surface area contributed by atoms with Gasteiger partial charge >= 0.3 is 0 Å². The van der Waals surface area contributed by atoms with Crippen molar-refractivity contribution in [3.8, 4) is 0 Å². The minimum absolute atomic E-state index is 0. The molecule has 10 heteroatoms. The van der Waals surface area contributed by atoms with Gasteiger partial charge in [-0.05, 0) is 75.3 Å². The minimum Gasteiger partial charge on any atom is -1.00 e. The molecule has 0 aliphatic carbocycles. The van der Waals surface area contributed by atoms with Crippen molar-refractivity contribution in [3.05, 3.63) is 79.9 Å². The van der Waals surface area contributed by atoms with Gasteiger partial charge in [0.15, 0.2) is 0 Å². The predicted octanol–water partition coefficient (Wildman–Crippen LogP) is -1.88. The highest BCUT2D eigenvalue weighted by atomic mass is 79.9. The lowest BCUT2D eigenvalue weighted by Gasteiger charge is -2.37. The van der Waals surface area contributed by atoms with E-state index in [1.807, 2.05) is 24.3 Å². The first-order valence-electron chi connectivity index (χ1n) is 14.9. The van der Waals surface area contributed by atoms with Gasteiger partial charge in [-0.25, -0.2) is 0 Å². The van der Waals surface area contributed by atoms with Crippen LogP contribution in [0.1, 0.15) is 81.8 Å². The number of nitrogens with zero attached hydrogens (tertiary/aromatic N) is 2. The summed E-state index contributed by atoms with van der Waals surface area (Å²) in [5.41, 5.74) is 2.75. The zero-order valence-electron chi connectivity index (χ0n) is 24.4. The van der Waals surface area contributed by atoms with Crippen LogP contribution < -0.4 is 43.8 Å². The predicted molar refractivity (Wildman–Crippen MR) is 153 cm³/mol. The van der Waals surface area contributed by atoms with Gasteiger partial charge in [0.1, 0.15) is 0 Å². The topological polar surface area (TPSA) is 95.2 Å². The molecule has 2 saturated heterocycles. The number of rotatable bonds is 12. The van der Waals surface area contributed by atoms with Crippen LogP contribution in [0.4, 0.5) is 11.4 Å². The molecule has 0 aromatic heterocycles. The molecule has 2 N–H and O–H groups in total. The second kappa shape index (κ2) is 17.3. The first kappa shape index (κ1) is 35.3. The highest BCUT2D eigenvalue weighted by molar-refractivity contribution is 5.33. The molecule has 2 aromatic rings. The Morgan fingerprint density at radius 1 is 0.610 bits per heavy atom. The number of hydrogen-bond acceptors (Lipinski definition) is 4. The van der Waals surface area contributed by atoms with Crippen LogP contribution in [-0.2, 0) is 12.8 Å². The summed E-state index contributed by atoms with van der Waals surface area (Å²) in [6, 6.07) is 16.9. The number of halogens is 2. The smallest absolute Gasteiger partial charge is 0.269 e. The molecular formula is C31H46Br2N4O4. The maximum Gasteiger partial charge on any atom is 0.269 e. The lowest BCUT2D eigenvalue weighted by Crippen LogP contribution is -3.17. The molecule has 41 heavy (non-hydrogen) atoms. The molecule has 2 aliphatic rings. The Labute approximate surface area is 265 Å². The lowest BCUT2D eigenvalue weighted by molar-refractivity contribution is -0.937. The number of unbranched alkanes of at least 4 members (excludes halogenated alkanes) is 2. The molecule has 2 heterocycles. The Morgan fingerprint density at radius 2 is 0.951 bits per heavy atom. The monoisotopic (exact) mass is 696 g/mol. The van der Waals surface area contributed by atoms with Crippen molar-refractivity contribution in [2.45, 2.75) is 108 Å². The molecule has 2 fully saturated rings. The molecule has 2 aromatic carbocycles. The van der Waals surface area contributed by atoms with Gasteiger partial charge < -0.3 is 43.8 Å². The maximum atomic E-state index is 10.9. The number of piperidine rings is 2. The second-order valence-corrected chi connectivity index (χ2v) is 12.0. The Bertz CT molecular complexity index is 1000. The van der Waals surface area contributed by atoms with Crippen molar-refractivity contribution in [1.29, 1.82) is 0 Å². The molecule has 0 amide bonds. The van der Waals surface area contributed by atoms with Gasteiger partial charge in [-0.3, -0.25) is 20.2 Å². The van der Waals surface area contributed by atoms with E-state index >= 15 is 0 Å². The number of benzene rings is 2. The number of non-ortho nitro benzene ring substituents is 2. The van der Waals surface area contributed by atoms with Crippen molar-refractivity contribution >= 4 is 11.4 Å². The van der Waals surface area contributed by atoms with E-state index in [1.165, 1.54) is 81.8 Å². The number of nitro groups is 2. The average Bonchev–Trinajstić information content (AvgIpc) is 2.93. The highest BCUT2D eigenvalue weighted by Gasteiger charge is 2.32. The van der Waals surface area contributed by atoms with Crippen LogP contribution in [0.25, 0.3) is 0 Å². The van der Waals surface area contributed by atoms with Crippen LogP contribution in [0.5, 0.6) is 0 Å². The summed E-state index contributed by atoms with van der Waals surface area (Å²) in [6.07, 6.45) is 16.1. The molecule has 6 unspecified atom stereocenters.